The summed E-state index contributed by atoms with van der Waals surface area (Å²) in [6, 6.07) is 7.65. The molecule has 100 valence electrons. The van der Waals surface area contributed by atoms with Gasteiger partial charge in [0.1, 0.15) is 11.6 Å². The van der Waals surface area contributed by atoms with E-state index >= 15 is 0 Å². The SMILES string of the molecule is COc1cc(Cl)c(-c2cc(F)ccc2CN)cc1Cl. The lowest BCUT2D eigenvalue weighted by molar-refractivity contribution is 0.415. The van der Waals surface area contributed by atoms with Crippen molar-refractivity contribution in [2.75, 3.05) is 7.11 Å². The van der Waals surface area contributed by atoms with Crippen molar-refractivity contribution in [1.29, 1.82) is 0 Å². The molecule has 0 radical (unpaired) electrons. The molecule has 0 fully saturated rings. The molecule has 0 aromatic heterocycles. The van der Waals surface area contributed by atoms with Crippen molar-refractivity contribution in [2.45, 2.75) is 6.54 Å². The summed E-state index contributed by atoms with van der Waals surface area (Å²) in [6.45, 7) is 0.287. The third kappa shape index (κ3) is 2.84. The largest absolute Gasteiger partial charge is 0.495 e. The number of hydrogen-bond acceptors (Lipinski definition) is 2. The Morgan fingerprint density at radius 3 is 2.47 bits per heavy atom. The highest BCUT2D eigenvalue weighted by Crippen LogP contribution is 2.38. The van der Waals surface area contributed by atoms with Gasteiger partial charge in [0, 0.05) is 18.2 Å². The molecule has 5 heteroatoms. The third-order valence-corrected chi connectivity index (χ3v) is 3.43. The van der Waals surface area contributed by atoms with E-state index in [1.54, 1.807) is 18.2 Å². The fourth-order valence-corrected chi connectivity index (χ4v) is 2.37. The highest BCUT2D eigenvalue weighted by Gasteiger charge is 2.13. The Balaban J connectivity index is 2.65. The van der Waals surface area contributed by atoms with Crippen LogP contribution in [0.15, 0.2) is 30.3 Å². The van der Waals surface area contributed by atoms with E-state index in [9.17, 15) is 4.39 Å². The van der Waals surface area contributed by atoms with E-state index in [4.69, 9.17) is 33.7 Å². The summed E-state index contributed by atoms with van der Waals surface area (Å²) in [5, 5.41) is 0.843. The molecule has 0 aliphatic rings. The molecule has 0 amide bonds. The smallest absolute Gasteiger partial charge is 0.138 e. The lowest BCUT2D eigenvalue weighted by Crippen LogP contribution is -2.00. The van der Waals surface area contributed by atoms with Crippen molar-refractivity contribution in [3.05, 3.63) is 51.8 Å². The number of nitrogens with two attached hydrogens (primary N) is 1. The molecule has 0 saturated carbocycles. The second-order valence-corrected chi connectivity index (χ2v) is 4.79. The topological polar surface area (TPSA) is 35.2 Å². The van der Waals surface area contributed by atoms with Crippen LogP contribution in [-0.4, -0.2) is 7.11 Å². The van der Waals surface area contributed by atoms with E-state index in [-0.39, 0.29) is 12.4 Å². The van der Waals surface area contributed by atoms with Gasteiger partial charge >= 0.3 is 0 Å². The molecular weight excluding hydrogens is 288 g/mol. The lowest BCUT2D eigenvalue weighted by atomic mass is 9.99. The van der Waals surface area contributed by atoms with Gasteiger partial charge in [0.25, 0.3) is 0 Å². The van der Waals surface area contributed by atoms with Gasteiger partial charge in [0.15, 0.2) is 0 Å². The zero-order valence-corrected chi connectivity index (χ0v) is 11.7. The summed E-state index contributed by atoms with van der Waals surface area (Å²) >= 11 is 12.3. The molecule has 2 nitrogen and oxygen atoms in total. The molecule has 19 heavy (non-hydrogen) atoms. The Bertz CT molecular complexity index is 617. The Morgan fingerprint density at radius 1 is 1.11 bits per heavy atom. The van der Waals surface area contributed by atoms with Crippen LogP contribution in [0.25, 0.3) is 11.1 Å². The number of ether oxygens (including phenoxy) is 1. The summed E-state index contributed by atoms with van der Waals surface area (Å²) < 4.78 is 18.5. The van der Waals surface area contributed by atoms with Gasteiger partial charge in [-0.2, -0.15) is 0 Å². The van der Waals surface area contributed by atoms with Gasteiger partial charge in [-0.05, 0) is 29.3 Å². The number of hydrogen-bond donors (Lipinski definition) is 1. The summed E-state index contributed by atoms with van der Waals surface area (Å²) in [4.78, 5) is 0. The van der Waals surface area contributed by atoms with Crippen molar-refractivity contribution >= 4 is 23.2 Å². The van der Waals surface area contributed by atoms with Crippen LogP contribution in [-0.2, 0) is 6.54 Å². The molecule has 0 bridgehead atoms. The van der Waals surface area contributed by atoms with Crippen LogP contribution in [0, 0.1) is 5.82 Å². The molecule has 0 spiro atoms. The highest BCUT2D eigenvalue weighted by molar-refractivity contribution is 6.36. The third-order valence-electron chi connectivity index (χ3n) is 2.82. The van der Waals surface area contributed by atoms with Crippen LogP contribution < -0.4 is 10.5 Å². The number of methoxy groups -OCH3 is 1. The molecule has 0 heterocycles. The van der Waals surface area contributed by atoms with Gasteiger partial charge in [0.2, 0.25) is 0 Å². The predicted molar refractivity (Wildman–Crippen MR) is 76.3 cm³/mol. The van der Waals surface area contributed by atoms with Gasteiger partial charge in [-0.1, -0.05) is 29.3 Å². The molecule has 0 saturated heterocycles. The predicted octanol–water partition coefficient (Wildman–Crippen LogP) is 4.27. The maximum absolute atomic E-state index is 13.4. The Morgan fingerprint density at radius 2 is 1.84 bits per heavy atom. The first kappa shape index (κ1) is 14.1. The van der Waals surface area contributed by atoms with Gasteiger partial charge in [-0.3, -0.25) is 0 Å². The molecule has 2 aromatic rings. The number of rotatable bonds is 3. The van der Waals surface area contributed by atoms with Crippen LogP contribution >= 0.6 is 23.2 Å². The minimum atomic E-state index is -0.352. The maximum atomic E-state index is 13.4. The zero-order valence-electron chi connectivity index (χ0n) is 10.2. The van der Waals surface area contributed by atoms with Gasteiger partial charge < -0.3 is 10.5 Å². The second-order valence-electron chi connectivity index (χ2n) is 3.97. The molecule has 0 aliphatic heterocycles. The Kier molecular flexibility index (Phi) is 4.30. The van der Waals surface area contributed by atoms with Gasteiger partial charge in [0.05, 0.1) is 17.2 Å². The van der Waals surface area contributed by atoms with Crippen LogP contribution in [0.1, 0.15) is 5.56 Å². The van der Waals surface area contributed by atoms with Gasteiger partial charge in [-0.25, -0.2) is 4.39 Å². The van der Waals surface area contributed by atoms with Crippen LogP contribution in [0.4, 0.5) is 4.39 Å². The maximum Gasteiger partial charge on any atom is 0.138 e. The minimum absolute atomic E-state index is 0.287. The number of halogens is 3. The van der Waals surface area contributed by atoms with Crippen molar-refractivity contribution in [3.8, 4) is 16.9 Å². The highest BCUT2D eigenvalue weighted by atomic mass is 35.5. The van der Waals surface area contributed by atoms with Crippen molar-refractivity contribution < 1.29 is 9.13 Å². The fraction of sp³-hybridized carbons (Fsp3) is 0.143. The van der Waals surface area contributed by atoms with Crippen molar-refractivity contribution in [2.24, 2.45) is 5.73 Å². The number of benzene rings is 2. The molecular formula is C14H12Cl2FNO. The van der Waals surface area contributed by atoms with E-state index < -0.39 is 0 Å². The monoisotopic (exact) mass is 299 g/mol. The molecule has 2 N–H and O–H groups in total. The van der Waals surface area contributed by atoms with Crippen LogP contribution in [0.2, 0.25) is 10.0 Å². The average molecular weight is 300 g/mol. The molecule has 0 atom stereocenters. The van der Waals surface area contributed by atoms with Crippen LogP contribution in [0.5, 0.6) is 5.75 Å². The molecule has 2 rings (SSSR count). The molecule has 0 aliphatic carbocycles. The lowest BCUT2D eigenvalue weighted by Gasteiger charge is -2.12. The van der Waals surface area contributed by atoms with E-state index in [0.29, 0.717) is 26.9 Å². The van der Waals surface area contributed by atoms with Crippen LogP contribution in [0.3, 0.4) is 0 Å². The van der Waals surface area contributed by atoms with E-state index in [1.165, 1.54) is 19.2 Å². The van der Waals surface area contributed by atoms with E-state index in [2.05, 4.69) is 0 Å². The molecule has 0 unspecified atom stereocenters. The quantitative estimate of drug-likeness (QED) is 0.919. The fourth-order valence-electron chi connectivity index (χ4n) is 1.87. The standard InChI is InChI=1S/C14H12Cl2FNO/c1-19-14-6-12(15)11(5-13(14)16)10-4-9(17)3-2-8(10)7-18/h2-6H,7,18H2,1H3. The Labute approximate surface area is 120 Å². The van der Waals surface area contributed by atoms with Gasteiger partial charge in [-0.15, -0.1) is 0 Å². The second kappa shape index (κ2) is 5.78. The van der Waals surface area contributed by atoms with E-state index in [0.717, 1.165) is 5.56 Å². The summed E-state index contributed by atoms with van der Waals surface area (Å²) in [7, 11) is 1.50. The normalized spacial score (nSPS) is 10.6. The zero-order chi connectivity index (χ0) is 14.0. The molecule has 2 aromatic carbocycles. The van der Waals surface area contributed by atoms with Crippen molar-refractivity contribution in [3.63, 3.8) is 0 Å². The first-order valence-corrected chi connectivity index (χ1v) is 6.34. The van der Waals surface area contributed by atoms with E-state index in [1.807, 2.05) is 0 Å². The van der Waals surface area contributed by atoms with Crippen molar-refractivity contribution in [1.82, 2.24) is 0 Å². The summed E-state index contributed by atoms with van der Waals surface area (Å²) in [5.41, 5.74) is 7.72. The Hall–Kier alpha value is -1.29. The average Bonchev–Trinajstić information content (AvgIpc) is 2.40. The summed E-state index contributed by atoms with van der Waals surface area (Å²) in [5.74, 6) is 0.122. The summed E-state index contributed by atoms with van der Waals surface area (Å²) in [6.07, 6.45) is 0. The first-order valence-electron chi connectivity index (χ1n) is 5.58. The first-order chi connectivity index (χ1) is 9.06. The minimum Gasteiger partial charge on any atom is -0.495 e.